The third kappa shape index (κ3) is 3.23. The van der Waals surface area contributed by atoms with Crippen molar-refractivity contribution in [2.24, 2.45) is 0 Å². The molecule has 21 heavy (non-hydrogen) atoms. The number of carbonyl (C=O) groups is 1. The van der Waals surface area contributed by atoms with E-state index in [1.54, 1.807) is 25.1 Å². The fraction of sp³-hybridized carbons (Fsp3) is 0.133. The summed E-state index contributed by atoms with van der Waals surface area (Å²) < 4.78 is 0. The van der Waals surface area contributed by atoms with Crippen molar-refractivity contribution in [2.45, 2.75) is 13.3 Å². The van der Waals surface area contributed by atoms with Crippen LogP contribution in [0.1, 0.15) is 13.3 Å². The third-order valence-electron chi connectivity index (χ3n) is 2.92. The molecule has 0 atom stereocenters. The summed E-state index contributed by atoms with van der Waals surface area (Å²) in [4.78, 5) is 13.6. The number of benzene rings is 2. The van der Waals surface area contributed by atoms with Gasteiger partial charge in [0.25, 0.3) is 0 Å². The summed E-state index contributed by atoms with van der Waals surface area (Å²) in [5.74, 6) is -0.802. The highest BCUT2D eigenvalue weighted by Gasteiger charge is 2.20. The number of amides is 1. The lowest BCUT2D eigenvalue weighted by atomic mass is 10.2. The Labute approximate surface area is 132 Å². The Kier molecular flexibility index (Phi) is 4.60. The number of phenolic OH excluding ortho intramolecular Hbond substituents is 2. The molecule has 0 unspecified atom stereocenters. The van der Waals surface area contributed by atoms with Gasteiger partial charge in [-0.1, -0.05) is 30.1 Å². The van der Waals surface area contributed by atoms with E-state index in [4.69, 9.17) is 23.2 Å². The molecule has 0 aliphatic rings. The quantitative estimate of drug-likeness (QED) is 0.818. The molecule has 2 N–H and O–H groups in total. The molecule has 0 aliphatic heterocycles. The number of anilines is 2. The molecule has 0 saturated carbocycles. The van der Waals surface area contributed by atoms with Crippen LogP contribution in [0.2, 0.25) is 10.0 Å². The fourth-order valence-electron chi connectivity index (χ4n) is 1.88. The molecule has 2 aromatic rings. The maximum atomic E-state index is 12.3. The van der Waals surface area contributed by atoms with Crippen LogP contribution in [0, 0.1) is 0 Å². The van der Waals surface area contributed by atoms with E-state index in [2.05, 4.69) is 0 Å². The fourth-order valence-corrected chi connectivity index (χ4v) is 2.25. The first-order chi connectivity index (χ1) is 9.93. The normalized spacial score (nSPS) is 10.4. The van der Waals surface area contributed by atoms with Crippen LogP contribution in [-0.2, 0) is 4.79 Å². The number of nitrogens with zero attached hydrogens (tertiary/aromatic N) is 1. The summed E-state index contributed by atoms with van der Waals surface area (Å²) in [5, 5.41) is 19.8. The van der Waals surface area contributed by atoms with Crippen molar-refractivity contribution in [1.29, 1.82) is 0 Å². The van der Waals surface area contributed by atoms with Crippen molar-refractivity contribution in [3.8, 4) is 11.5 Å². The van der Waals surface area contributed by atoms with E-state index in [0.29, 0.717) is 21.4 Å². The third-order valence-corrected chi connectivity index (χ3v) is 3.47. The van der Waals surface area contributed by atoms with Gasteiger partial charge < -0.3 is 10.2 Å². The van der Waals surface area contributed by atoms with E-state index in [0.717, 1.165) is 0 Å². The minimum atomic E-state index is -0.320. The Morgan fingerprint density at radius 2 is 1.81 bits per heavy atom. The average molecular weight is 326 g/mol. The molecule has 2 aromatic carbocycles. The number of hydrogen-bond acceptors (Lipinski definition) is 3. The van der Waals surface area contributed by atoms with Crippen LogP contribution in [0.4, 0.5) is 11.4 Å². The molecule has 4 nitrogen and oxygen atoms in total. The highest BCUT2D eigenvalue weighted by atomic mass is 35.5. The molecular weight excluding hydrogens is 313 g/mol. The summed E-state index contributed by atoms with van der Waals surface area (Å²) in [5.41, 5.74) is 0.808. The highest BCUT2D eigenvalue weighted by molar-refractivity contribution is 6.36. The van der Waals surface area contributed by atoms with Gasteiger partial charge in [0.15, 0.2) is 11.5 Å². The van der Waals surface area contributed by atoms with E-state index >= 15 is 0 Å². The second kappa shape index (κ2) is 6.24. The molecule has 0 spiro atoms. The Balaban J connectivity index is 2.60. The van der Waals surface area contributed by atoms with Gasteiger partial charge in [-0.05, 0) is 30.3 Å². The molecular formula is C15H13Cl2NO3. The second-order valence-electron chi connectivity index (χ2n) is 4.35. The molecule has 0 aliphatic carbocycles. The van der Waals surface area contributed by atoms with Gasteiger partial charge in [0.05, 0.1) is 16.4 Å². The summed E-state index contributed by atoms with van der Waals surface area (Å²) in [6, 6.07) is 8.89. The van der Waals surface area contributed by atoms with E-state index in [1.165, 1.54) is 23.1 Å². The van der Waals surface area contributed by atoms with Gasteiger partial charge in [-0.2, -0.15) is 0 Å². The number of phenols is 2. The Bertz CT molecular complexity index is 689. The minimum Gasteiger partial charge on any atom is -0.504 e. The summed E-state index contributed by atoms with van der Waals surface area (Å²) >= 11 is 12.1. The van der Waals surface area contributed by atoms with Crippen LogP contribution in [0.25, 0.3) is 0 Å². The van der Waals surface area contributed by atoms with Crippen LogP contribution in [0.3, 0.4) is 0 Å². The van der Waals surface area contributed by atoms with Crippen molar-refractivity contribution in [2.75, 3.05) is 4.90 Å². The predicted octanol–water partition coefficient (Wildman–Crippen LogP) is 4.48. The lowest BCUT2D eigenvalue weighted by Crippen LogP contribution is -2.25. The molecule has 0 bridgehead atoms. The number of aromatic hydroxyl groups is 2. The second-order valence-corrected chi connectivity index (χ2v) is 5.20. The van der Waals surface area contributed by atoms with Crippen molar-refractivity contribution >= 4 is 40.5 Å². The summed E-state index contributed by atoms with van der Waals surface area (Å²) in [6.45, 7) is 1.72. The van der Waals surface area contributed by atoms with Crippen molar-refractivity contribution in [3.05, 3.63) is 46.4 Å². The SMILES string of the molecule is CCC(=O)N(c1ccc(O)c(O)c1)c1cc(Cl)ccc1Cl. The van der Waals surface area contributed by atoms with Crippen LogP contribution in [0.15, 0.2) is 36.4 Å². The molecule has 2 rings (SSSR count). The standard InChI is InChI=1S/C15H13Cl2NO3/c1-2-15(21)18(10-4-6-13(19)14(20)8-10)12-7-9(16)3-5-11(12)17/h3-8,19-20H,2H2,1H3. The molecule has 0 radical (unpaired) electrons. The van der Waals surface area contributed by atoms with E-state index in [1.807, 2.05) is 0 Å². The largest absolute Gasteiger partial charge is 0.504 e. The molecule has 0 aromatic heterocycles. The van der Waals surface area contributed by atoms with Gasteiger partial charge in [0, 0.05) is 17.5 Å². The van der Waals surface area contributed by atoms with E-state index in [-0.39, 0.29) is 23.8 Å². The average Bonchev–Trinajstić information content (AvgIpc) is 2.46. The number of carbonyl (C=O) groups excluding carboxylic acids is 1. The van der Waals surface area contributed by atoms with Crippen LogP contribution in [0.5, 0.6) is 11.5 Å². The van der Waals surface area contributed by atoms with Crippen molar-refractivity contribution in [3.63, 3.8) is 0 Å². The predicted molar refractivity (Wildman–Crippen MR) is 83.7 cm³/mol. The van der Waals surface area contributed by atoms with Gasteiger partial charge in [-0.25, -0.2) is 0 Å². The maximum Gasteiger partial charge on any atom is 0.231 e. The first-order valence-electron chi connectivity index (χ1n) is 6.24. The van der Waals surface area contributed by atoms with E-state index < -0.39 is 0 Å². The molecule has 0 heterocycles. The topological polar surface area (TPSA) is 60.8 Å². The number of halogens is 2. The molecule has 1 amide bonds. The monoisotopic (exact) mass is 325 g/mol. The maximum absolute atomic E-state index is 12.3. The Hall–Kier alpha value is -1.91. The van der Waals surface area contributed by atoms with Gasteiger partial charge in [0.2, 0.25) is 5.91 Å². The molecule has 0 saturated heterocycles. The first-order valence-corrected chi connectivity index (χ1v) is 6.99. The minimum absolute atomic E-state index is 0.218. The molecule has 6 heteroatoms. The Morgan fingerprint density at radius 3 is 2.43 bits per heavy atom. The zero-order chi connectivity index (χ0) is 15.6. The smallest absolute Gasteiger partial charge is 0.231 e. The van der Waals surface area contributed by atoms with E-state index in [9.17, 15) is 15.0 Å². The van der Waals surface area contributed by atoms with Crippen molar-refractivity contribution in [1.82, 2.24) is 0 Å². The van der Waals surface area contributed by atoms with Crippen LogP contribution < -0.4 is 4.90 Å². The van der Waals surface area contributed by atoms with Crippen LogP contribution >= 0.6 is 23.2 Å². The van der Waals surface area contributed by atoms with Gasteiger partial charge >= 0.3 is 0 Å². The molecule has 0 fully saturated rings. The van der Waals surface area contributed by atoms with Gasteiger partial charge in [-0.15, -0.1) is 0 Å². The van der Waals surface area contributed by atoms with Gasteiger partial charge in [0.1, 0.15) is 0 Å². The zero-order valence-electron chi connectivity index (χ0n) is 11.2. The Morgan fingerprint density at radius 1 is 1.10 bits per heavy atom. The number of rotatable bonds is 3. The first kappa shape index (κ1) is 15.5. The van der Waals surface area contributed by atoms with Gasteiger partial charge in [-0.3, -0.25) is 9.69 Å². The van der Waals surface area contributed by atoms with Crippen molar-refractivity contribution < 1.29 is 15.0 Å². The highest BCUT2D eigenvalue weighted by Crippen LogP contribution is 2.37. The molecule has 110 valence electrons. The van der Waals surface area contributed by atoms with Crippen LogP contribution in [-0.4, -0.2) is 16.1 Å². The lowest BCUT2D eigenvalue weighted by molar-refractivity contribution is -0.117. The number of hydrogen-bond donors (Lipinski definition) is 2. The summed E-state index contributed by atoms with van der Waals surface area (Å²) in [7, 11) is 0. The zero-order valence-corrected chi connectivity index (χ0v) is 12.7. The lowest BCUT2D eigenvalue weighted by Gasteiger charge is -2.24. The summed E-state index contributed by atoms with van der Waals surface area (Å²) in [6.07, 6.45) is 0.241.